The second-order valence-electron chi connectivity index (χ2n) is 6.37. The van der Waals surface area contributed by atoms with Gasteiger partial charge in [-0.25, -0.2) is 9.37 Å². The van der Waals surface area contributed by atoms with Crippen molar-refractivity contribution in [3.05, 3.63) is 78.1 Å². The van der Waals surface area contributed by atoms with Gasteiger partial charge in [-0.15, -0.1) is 28.1 Å². The lowest BCUT2D eigenvalue weighted by atomic mass is 10.2. The zero-order valence-corrected chi connectivity index (χ0v) is 17.9. The van der Waals surface area contributed by atoms with Crippen molar-refractivity contribution in [2.75, 3.05) is 7.11 Å². The van der Waals surface area contributed by atoms with E-state index in [0.717, 1.165) is 38.6 Å². The lowest BCUT2D eigenvalue weighted by molar-refractivity contribution is 0.415. The first-order chi connectivity index (χ1) is 14.7. The van der Waals surface area contributed by atoms with E-state index >= 15 is 0 Å². The highest BCUT2D eigenvalue weighted by Gasteiger charge is 2.15. The molecule has 0 amide bonds. The maximum absolute atomic E-state index is 13.1. The molecular formula is C22H19FN4OS2. The van der Waals surface area contributed by atoms with Crippen molar-refractivity contribution in [2.45, 2.75) is 17.5 Å². The van der Waals surface area contributed by atoms with Crippen LogP contribution in [0, 0.1) is 5.82 Å². The number of methoxy groups -OCH3 is 1. The van der Waals surface area contributed by atoms with Crippen molar-refractivity contribution in [3.63, 3.8) is 0 Å². The van der Waals surface area contributed by atoms with Gasteiger partial charge in [-0.1, -0.05) is 17.8 Å². The predicted octanol–water partition coefficient (Wildman–Crippen LogP) is 5.69. The Morgan fingerprint density at radius 1 is 1.10 bits per heavy atom. The summed E-state index contributed by atoms with van der Waals surface area (Å²) in [5, 5.41) is 12.5. The summed E-state index contributed by atoms with van der Waals surface area (Å²) in [5.41, 5.74) is 2.82. The molecule has 8 heteroatoms. The summed E-state index contributed by atoms with van der Waals surface area (Å²) in [6.07, 6.45) is 1.83. The van der Waals surface area contributed by atoms with E-state index in [-0.39, 0.29) is 5.82 Å². The average molecular weight is 439 g/mol. The van der Waals surface area contributed by atoms with Gasteiger partial charge >= 0.3 is 0 Å². The number of hydrogen-bond donors (Lipinski definition) is 0. The molecule has 5 nitrogen and oxygen atoms in total. The monoisotopic (exact) mass is 438 g/mol. The van der Waals surface area contributed by atoms with Crippen LogP contribution in [0.4, 0.5) is 4.39 Å². The zero-order chi connectivity index (χ0) is 20.9. The summed E-state index contributed by atoms with van der Waals surface area (Å²) < 4.78 is 20.4. The van der Waals surface area contributed by atoms with Crippen LogP contribution in [0.15, 0.2) is 71.7 Å². The molecule has 0 radical (unpaired) electrons. The van der Waals surface area contributed by atoms with Gasteiger partial charge in [0.05, 0.1) is 12.8 Å². The molecule has 0 atom stereocenters. The molecule has 30 heavy (non-hydrogen) atoms. The standard InChI is InChI=1S/C22H19FN4OS2/c1-3-12-27-20(15-6-10-19(28-2)11-7-15)25-26-22(27)30-14-18-13-29-21(24-18)16-4-8-17(23)9-5-16/h3-11,13H,1,12,14H2,2H3. The largest absolute Gasteiger partial charge is 0.497 e. The van der Waals surface area contributed by atoms with E-state index in [2.05, 4.69) is 21.8 Å². The fourth-order valence-corrected chi connectivity index (χ4v) is 4.65. The second kappa shape index (κ2) is 9.23. The summed E-state index contributed by atoms with van der Waals surface area (Å²) in [5.74, 6) is 1.99. The molecule has 2 aromatic heterocycles. The molecule has 4 rings (SSSR count). The van der Waals surface area contributed by atoms with Gasteiger partial charge in [0.1, 0.15) is 16.6 Å². The third-order valence-electron chi connectivity index (χ3n) is 4.37. The SMILES string of the molecule is C=CCn1c(SCc2csc(-c3ccc(F)cc3)n2)nnc1-c1ccc(OC)cc1. The Bertz CT molecular complexity index is 1140. The zero-order valence-electron chi connectivity index (χ0n) is 16.3. The number of nitrogens with zero attached hydrogens (tertiary/aromatic N) is 4. The first-order valence-electron chi connectivity index (χ1n) is 9.19. The number of ether oxygens (including phenoxy) is 1. The first kappa shape index (κ1) is 20.3. The van der Waals surface area contributed by atoms with Gasteiger partial charge in [-0.05, 0) is 48.5 Å². The number of aromatic nitrogens is 4. The fourth-order valence-electron chi connectivity index (χ4n) is 2.88. The first-order valence-corrected chi connectivity index (χ1v) is 11.1. The quantitative estimate of drug-likeness (QED) is 0.261. The van der Waals surface area contributed by atoms with E-state index in [9.17, 15) is 4.39 Å². The third kappa shape index (κ3) is 4.44. The van der Waals surface area contributed by atoms with Crippen LogP contribution in [0.25, 0.3) is 22.0 Å². The Kier molecular flexibility index (Phi) is 6.25. The Morgan fingerprint density at radius 3 is 2.53 bits per heavy atom. The molecule has 0 N–H and O–H groups in total. The molecule has 4 aromatic rings. The smallest absolute Gasteiger partial charge is 0.192 e. The van der Waals surface area contributed by atoms with Gasteiger partial charge in [-0.3, -0.25) is 4.57 Å². The predicted molar refractivity (Wildman–Crippen MR) is 119 cm³/mol. The van der Waals surface area contributed by atoms with Crippen molar-refractivity contribution in [3.8, 4) is 27.7 Å². The molecule has 0 spiro atoms. The minimum Gasteiger partial charge on any atom is -0.497 e. The number of thiazole rings is 1. The summed E-state index contributed by atoms with van der Waals surface area (Å²) >= 11 is 3.12. The lowest BCUT2D eigenvalue weighted by Crippen LogP contribution is -2.00. The van der Waals surface area contributed by atoms with Gasteiger partial charge < -0.3 is 4.74 Å². The lowest BCUT2D eigenvalue weighted by Gasteiger charge is -2.08. The van der Waals surface area contributed by atoms with Gasteiger partial charge in [0.25, 0.3) is 0 Å². The molecule has 0 aliphatic heterocycles. The number of allylic oxidation sites excluding steroid dienone is 1. The van der Waals surface area contributed by atoms with Crippen molar-refractivity contribution in [2.24, 2.45) is 0 Å². The molecule has 0 aliphatic rings. The molecule has 0 bridgehead atoms. The molecule has 0 fully saturated rings. The summed E-state index contributed by atoms with van der Waals surface area (Å²) in [7, 11) is 1.64. The van der Waals surface area contributed by atoms with Crippen molar-refractivity contribution in [1.82, 2.24) is 19.7 Å². The van der Waals surface area contributed by atoms with Crippen LogP contribution in [0.5, 0.6) is 5.75 Å². The molecule has 2 aromatic carbocycles. The minimum absolute atomic E-state index is 0.250. The fraction of sp³-hybridized carbons (Fsp3) is 0.136. The van der Waals surface area contributed by atoms with E-state index in [4.69, 9.17) is 4.74 Å². The van der Waals surface area contributed by atoms with Crippen LogP contribution < -0.4 is 4.74 Å². The van der Waals surface area contributed by atoms with Crippen LogP contribution in [0.2, 0.25) is 0 Å². The maximum Gasteiger partial charge on any atom is 0.192 e. The number of thioether (sulfide) groups is 1. The van der Waals surface area contributed by atoms with Crippen LogP contribution in [-0.4, -0.2) is 26.9 Å². The Hall–Kier alpha value is -2.97. The normalized spacial score (nSPS) is 10.9. The Morgan fingerprint density at radius 2 is 1.83 bits per heavy atom. The number of rotatable bonds is 8. The molecule has 0 saturated carbocycles. The van der Waals surface area contributed by atoms with Crippen LogP contribution in [-0.2, 0) is 12.3 Å². The van der Waals surface area contributed by atoms with Crippen LogP contribution in [0.3, 0.4) is 0 Å². The van der Waals surface area contributed by atoms with E-state index in [0.29, 0.717) is 12.3 Å². The van der Waals surface area contributed by atoms with Gasteiger partial charge in [0.2, 0.25) is 0 Å². The van der Waals surface area contributed by atoms with Crippen molar-refractivity contribution < 1.29 is 9.13 Å². The van der Waals surface area contributed by atoms with Gasteiger partial charge in [0.15, 0.2) is 11.0 Å². The van der Waals surface area contributed by atoms with Gasteiger partial charge in [-0.2, -0.15) is 0 Å². The molecule has 0 saturated heterocycles. The molecule has 0 aliphatic carbocycles. The number of hydrogen-bond acceptors (Lipinski definition) is 6. The third-order valence-corrected chi connectivity index (χ3v) is 6.31. The molecule has 152 valence electrons. The highest BCUT2D eigenvalue weighted by Crippen LogP contribution is 2.30. The molecular weight excluding hydrogens is 419 g/mol. The molecule has 2 heterocycles. The topological polar surface area (TPSA) is 52.8 Å². The van der Waals surface area contributed by atoms with E-state index < -0.39 is 0 Å². The van der Waals surface area contributed by atoms with Gasteiger partial charge in [0, 0.05) is 28.8 Å². The summed E-state index contributed by atoms with van der Waals surface area (Å²) in [6, 6.07) is 14.1. The minimum atomic E-state index is -0.250. The van der Waals surface area contributed by atoms with E-state index in [1.165, 1.54) is 12.1 Å². The van der Waals surface area contributed by atoms with Crippen LogP contribution >= 0.6 is 23.1 Å². The highest BCUT2D eigenvalue weighted by molar-refractivity contribution is 7.98. The number of halogens is 1. The Labute approximate surface area is 182 Å². The van der Waals surface area contributed by atoms with Crippen molar-refractivity contribution in [1.29, 1.82) is 0 Å². The summed E-state index contributed by atoms with van der Waals surface area (Å²) in [4.78, 5) is 4.67. The highest BCUT2D eigenvalue weighted by atomic mass is 32.2. The second-order valence-corrected chi connectivity index (χ2v) is 8.17. The summed E-state index contributed by atoms with van der Waals surface area (Å²) in [6.45, 7) is 4.46. The van der Waals surface area contributed by atoms with E-state index in [1.807, 2.05) is 40.3 Å². The van der Waals surface area contributed by atoms with Crippen molar-refractivity contribution >= 4 is 23.1 Å². The van der Waals surface area contributed by atoms with E-state index in [1.54, 1.807) is 42.3 Å². The number of benzene rings is 2. The van der Waals surface area contributed by atoms with Crippen LogP contribution in [0.1, 0.15) is 5.69 Å². The molecule has 0 unspecified atom stereocenters. The average Bonchev–Trinajstić information content (AvgIpc) is 3.40. The maximum atomic E-state index is 13.1. The Balaban J connectivity index is 1.51.